The number of anilines is 1. The van der Waals surface area contributed by atoms with Crippen LogP contribution in [0.25, 0.3) is 11.0 Å². The van der Waals surface area contributed by atoms with E-state index in [0.717, 1.165) is 0 Å². The van der Waals surface area contributed by atoms with Crippen molar-refractivity contribution in [2.24, 2.45) is 0 Å². The second kappa shape index (κ2) is 11.2. The Labute approximate surface area is 230 Å². The maximum Gasteiger partial charge on any atom is 0.243 e. The number of carbonyl (C=O) groups excluding carboxylic acids is 2. The molecule has 9 nitrogen and oxygen atoms in total. The van der Waals surface area contributed by atoms with Crippen molar-refractivity contribution in [1.82, 2.24) is 4.31 Å². The van der Waals surface area contributed by atoms with Gasteiger partial charge in [0.2, 0.25) is 15.8 Å². The average Bonchev–Trinajstić information content (AvgIpc) is 3.34. The van der Waals surface area contributed by atoms with E-state index in [1.807, 2.05) is 0 Å². The molecule has 1 aliphatic heterocycles. The number of methoxy groups -OCH3 is 1. The van der Waals surface area contributed by atoms with Gasteiger partial charge in [-0.05, 0) is 42.5 Å². The van der Waals surface area contributed by atoms with Crippen LogP contribution in [0.3, 0.4) is 0 Å². The Bertz CT molecular complexity index is 1660. The SMILES string of the molecule is COc1ccc(C(=O)c2oc3ccccc3c2NCC(=O)c2cccc(S(=O)(=O)N3CCOCC3)c2)cc1Cl. The number of halogens is 1. The van der Waals surface area contributed by atoms with E-state index < -0.39 is 15.8 Å². The fraction of sp³-hybridized carbons (Fsp3) is 0.214. The summed E-state index contributed by atoms with van der Waals surface area (Å²) in [6.07, 6.45) is 0. The summed E-state index contributed by atoms with van der Waals surface area (Å²) in [7, 11) is -2.28. The highest BCUT2D eigenvalue weighted by molar-refractivity contribution is 7.89. The van der Waals surface area contributed by atoms with Crippen molar-refractivity contribution in [2.75, 3.05) is 45.3 Å². The molecule has 1 aliphatic rings. The summed E-state index contributed by atoms with van der Waals surface area (Å²) < 4.78 is 43.7. The molecule has 11 heteroatoms. The predicted molar refractivity (Wildman–Crippen MR) is 146 cm³/mol. The van der Waals surface area contributed by atoms with Crippen LogP contribution in [0.5, 0.6) is 5.75 Å². The third-order valence-corrected chi connectivity index (χ3v) is 8.60. The molecule has 39 heavy (non-hydrogen) atoms. The standard InChI is InChI=1S/C28H25ClN2O7S/c1-36-25-10-9-19(16-22(25)29)27(33)28-26(21-7-2-3-8-24(21)38-28)30-17-23(32)18-5-4-6-20(15-18)39(34,35)31-11-13-37-14-12-31/h2-10,15-16,30H,11-14,17H2,1H3. The number of nitrogens with zero attached hydrogens (tertiary/aromatic N) is 1. The van der Waals surface area contributed by atoms with E-state index in [1.54, 1.807) is 42.5 Å². The van der Waals surface area contributed by atoms with Gasteiger partial charge in [-0.2, -0.15) is 4.31 Å². The topological polar surface area (TPSA) is 115 Å². The van der Waals surface area contributed by atoms with Crippen LogP contribution in [-0.2, 0) is 14.8 Å². The van der Waals surface area contributed by atoms with Gasteiger partial charge < -0.3 is 19.2 Å². The average molecular weight is 569 g/mol. The number of sulfonamides is 1. The summed E-state index contributed by atoms with van der Waals surface area (Å²) in [5.74, 6) is -0.331. The number of morpholine rings is 1. The molecule has 0 unspecified atom stereocenters. The van der Waals surface area contributed by atoms with E-state index in [1.165, 1.54) is 35.7 Å². The van der Waals surface area contributed by atoms with Gasteiger partial charge in [0, 0.05) is 29.6 Å². The summed E-state index contributed by atoms with van der Waals surface area (Å²) in [6.45, 7) is 0.959. The number of benzene rings is 3. The van der Waals surface area contributed by atoms with Crippen molar-refractivity contribution in [3.8, 4) is 5.75 Å². The fourth-order valence-corrected chi connectivity index (χ4v) is 6.07. The highest BCUT2D eigenvalue weighted by Crippen LogP contribution is 2.34. The molecule has 0 radical (unpaired) electrons. The zero-order chi connectivity index (χ0) is 27.6. The van der Waals surface area contributed by atoms with Gasteiger partial charge in [-0.1, -0.05) is 35.9 Å². The molecule has 0 atom stereocenters. The quantitative estimate of drug-likeness (QED) is 0.290. The molecule has 0 bridgehead atoms. The number of Topliss-reactive ketones (excluding diaryl/α,β-unsaturated/α-hetero) is 1. The minimum absolute atomic E-state index is 0.0221. The first-order valence-electron chi connectivity index (χ1n) is 12.1. The Balaban J connectivity index is 1.41. The van der Waals surface area contributed by atoms with Gasteiger partial charge in [0.25, 0.3) is 0 Å². The van der Waals surface area contributed by atoms with E-state index >= 15 is 0 Å². The first-order chi connectivity index (χ1) is 18.8. The largest absolute Gasteiger partial charge is 0.495 e. The molecule has 202 valence electrons. The number of ether oxygens (including phenoxy) is 2. The van der Waals surface area contributed by atoms with Gasteiger partial charge in [0.15, 0.2) is 11.5 Å². The first-order valence-corrected chi connectivity index (χ1v) is 14.0. The molecule has 0 aliphatic carbocycles. The van der Waals surface area contributed by atoms with E-state index in [2.05, 4.69) is 5.32 Å². The number of nitrogens with one attached hydrogen (secondary N) is 1. The lowest BCUT2D eigenvalue weighted by atomic mass is 10.1. The summed E-state index contributed by atoms with van der Waals surface area (Å²) in [5, 5.41) is 3.94. The molecule has 1 saturated heterocycles. The third-order valence-electron chi connectivity index (χ3n) is 6.41. The molecule has 1 fully saturated rings. The van der Waals surface area contributed by atoms with E-state index in [-0.39, 0.29) is 52.2 Å². The number of para-hydroxylation sites is 1. The number of rotatable bonds is 9. The van der Waals surface area contributed by atoms with Crippen LogP contribution in [0.1, 0.15) is 26.5 Å². The molecule has 0 amide bonds. The molecule has 5 rings (SSSR count). The number of carbonyl (C=O) groups is 2. The number of hydrogen-bond acceptors (Lipinski definition) is 8. The maximum atomic E-state index is 13.4. The summed E-state index contributed by atoms with van der Waals surface area (Å²) >= 11 is 6.22. The summed E-state index contributed by atoms with van der Waals surface area (Å²) in [6, 6.07) is 17.7. The second-order valence-electron chi connectivity index (χ2n) is 8.80. The Morgan fingerprint density at radius 2 is 1.77 bits per heavy atom. The van der Waals surface area contributed by atoms with Crippen LogP contribution in [0.2, 0.25) is 5.02 Å². The van der Waals surface area contributed by atoms with Gasteiger partial charge in [-0.25, -0.2) is 8.42 Å². The Morgan fingerprint density at radius 3 is 2.51 bits per heavy atom. The predicted octanol–water partition coefficient (Wildman–Crippen LogP) is 4.64. The molecule has 1 aromatic heterocycles. The molecule has 3 aromatic carbocycles. The zero-order valence-corrected chi connectivity index (χ0v) is 22.5. The van der Waals surface area contributed by atoms with Gasteiger partial charge in [-0.15, -0.1) is 0 Å². The van der Waals surface area contributed by atoms with Crippen molar-refractivity contribution < 1.29 is 31.9 Å². The number of furan rings is 1. The highest BCUT2D eigenvalue weighted by Gasteiger charge is 2.27. The molecule has 0 saturated carbocycles. The van der Waals surface area contributed by atoms with Crippen LogP contribution in [-0.4, -0.2) is 64.2 Å². The van der Waals surface area contributed by atoms with Crippen molar-refractivity contribution in [2.45, 2.75) is 4.90 Å². The minimum atomic E-state index is -3.76. The van der Waals surface area contributed by atoms with Crippen LogP contribution in [0.15, 0.2) is 76.0 Å². The minimum Gasteiger partial charge on any atom is -0.495 e. The van der Waals surface area contributed by atoms with Crippen molar-refractivity contribution in [3.63, 3.8) is 0 Å². The van der Waals surface area contributed by atoms with Gasteiger partial charge >= 0.3 is 0 Å². The third kappa shape index (κ3) is 5.41. The molecular formula is C28H25ClN2O7S. The van der Waals surface area contributed by atoms with Gasteiger partial charge in [0.05, 0.1) is 42.5 Å². The van der Waals surface area contributed by atoms with Gasteiger partial charge in [-0.3, -0.25) is 9.59 Å². The summed E-state index contributed by atoms with van der Waals surface area (Å²) in [4.78, 5) is 26.6. The Kier molecular flexibility index (Phi) is 7.72. The first kappa shape index (κ1) is 26.9. The lowest BCUT2D eigenvalue weighted by molar-refractivity contribution is 0.0730. The normalized spacial score (nSPS) is 14.3. The second-order valence-corrected chi connectivity index (χ2v) is 11.1. The van der Waals surface area contributed by atoms with Crippen LogP contribution in [0, 0.1) is 0 Å². The number of fused-ring (bicyclic) bond motifs is 1. The number of ketones is 2. The van der Waals surface area contributed by atoms with Crippen molar-refractivity contribution in [1.29, 1.82) is 0 Å². The van der Waals surface area contributed by atoms with Crippen LogP contribution < -0.4 is 10.1 Å². The monoisotopic (exact) mass is 568 g/mol. The zero-order valence-electron chi connectivity index (χ0n) is 21.0. The molecule has 1 N–H and O–H groups in total. The van der Waals surface area contributed by atoms with E-state index in [0.29, 0.717) is 35.6 Å². The maximum absolute atomic E-state index is 13.4. The van der Waals surface area contributed by atoms with Crippen LogP contribution >= 0.6 is 11.6 Å². The van der Waals surface area contributed by atoms with E-state index in [4.69, 9.17) is 25.5 Å². The van der Waals surface area contributed by atoms with Crippen LogP contribution in [0.4, 0.5) is 5.69 Å². The Hall–Kier alpha value is -3.70. The van der Waals surface area contributed by atoms with Crippen molar-refractivity contribution in [3.05, 3.63) is 88.6 Å². The highest BCUT2D eigenvalue weighted by atomic mass is 35.5. The molecule has 4 aromatic rings. The molecule has 0 spiro atoms. The molecular weight excluding hydrogens is 544 g/mol. The fourth-order valence-electron chi connectivity index (χ4n) is 4.36. The smallest absolute Gasteiger partial charge is 0.243 e. The number of hydrogen-bond donors (Lipinski definition) is 1. The van der Waals surface area contributed by atoms with E-state index in [9.17, 15) is 18.0 Å². The van der Waals surface area contributed by atoms with Crippen molar-refractivity contribution >= 4 is 49.8 Å². The van der Waals surface area contributed by atoms with Gasteiger partial charge in [0.1, 0.15) is 11.3 Å². The lowest BCUT2D eigenvalue weighted by Crippen LogP contribution is -2.40. The Morgan fingerprint density at radius 1 is 1.00 bits per heavy atom. The lowest BCUT2D eigenvalue weighted by Gasteiger charge is -2.26. The summed E-state index contributed by atoms with van der Waals surface area (Å²) in [5.41, 5.74) is 1.33. The molecule has 2 heterocycles.